The van der Waals surface area contributed by atoms with Gasteiger partial charge in [-0.15, -0.1) is 0 Å². The van der Waals surface area contributed by atoms with Crippen LogP contribution in [0.1, 0.15) is 96.8 Å². The minimum Gasteiger partial charge on any atom is -0.469 e. The van der Waals surface area contributed by atoms with Gasteiger partial charge in [0.15, 0.2) is 0 Å². The van der Waals surface area contributed by atoms with Gasteiger partial charge < -0.3 is 4.74 Å². The van der Waals surface area contributed by atoms with Crippen LogP contribution in [0.15, 0.2) is 0 Å². The summed E-state index contributed by atoms with van der Waals surface area (Å²) in [6, 6.07) is 0. The molecule has 0 aromatic carbocycles. The molecule has 124 valence electrons. The van der Waals surface area contributed by atoms with E-state index in [1.807, 2.05) is 0 Å². The van der Waals surface area contributed by atoms with Gasteiger partial charge in [-0.25, -0.2) is 0 Å². The highest BCUT2D eigenvalue weighted by molar-refractivity contribution is 5.78. The van der Waals surface area contributed by atoms with Crippen LogP contribution in [-0.4, -0.2) is 18.9 Å². The van der Waals surface area contributed by atoms with Crippen molar-refractivity contribution in [3.63, 3.8) is 0 Å². The van der Waals surface area contributed by atoms with E-state index in [-0.39, 0.29) is 5.97 Å². The second-order valence-corrected chi connectivity index (χ2v) is 5.90. The molecule has 0 aliphatic heterocycles. The zero-order valence-corrected chi connectivity index (χ0v) is 14.1. The first-order chi connectivity index (χ1) is 10.2. The third-order valence-corrected chi connectivity index (χ3v) is 3.84. The fraction of sp³-hybridized carbons (Fsp3) is 0.889. The smallest absolute Gasteiger partial charge is 0.305 e. The van der Waals surface area contributed by atoms with Gasteiger partial charge in [-0.2, -0.15) is 0 Å². The summed E-state index contributed by atoms with van der Waals surface area (Å²) in [6.07, 6.45) is 15.1. The molecule has 0 aliphatic rings. The normalized spacial score (nSPS) is 10.6. The predicted molar refractivity (Wildman–Crippen MR) is 87.3 cm³/mol. The molecule has 0 unspecified atom stereocenters. The van der Waals surface area contributed by atoms with E-state index in [1.165, 1.54) is 52.1 Å². The number of carbonyl (C=O) groups is 2. The maximum atomic E-state index is 11.3. The molecule has 0 N–H and O–H groups in total. The first-order valence-corrected chi connectivity index (χ1v) is 8.79. The van der Waals surface area contributed by atoms with Crippen molar-refractivity contribution in [3.8, 4) is 0 Å². The van der Waals surface area contributed by atoms with Crippen LogP contribution in [-0.2, 0) is 14.3 Å². The highest BCUT2D eigenvalue weighted by Crippen LogP contribution is 2.12. The number of Topliss-reactive ketones (excluding diaryl/α,β-unsaturated/α-hetero) is 1. The van der Waals surface area contributed by atoms with Crippen molar-refractivity contribution in [2.75, 3.05) is 7.11 Å². The Morgan fingerprint density at radius 2 is 1.10 bits per heavy atom. The highest BCUT2D eigenvalue weighted by Gasteiger charge is 2.00. The van der Waals surface area contributed by atoms with E-state index in [4.69, 9.17) is 0 Å². The summed E-state index contributed by atoms with van der Waals surface area (Å²) in [5.41, 5.74) is 0. The number of unbranched alkanes of at least 4 members (excludes halogenated alkanes) is 9. The number of methoxy groups -OCH3 is 1. The second kappa shape index (κ2) is 15.5. The Bertz CT molecular complexity index is 261. The molecule has 0 saturated heterocycles. The Hall–Kier alpha value is -0.860. The van der Waals surface area contributed by atoms with Crippen molar-refractivity contribution < 1.29 is 14.3 Å². The Morgan fingerprint density at radius 3 is 1.52 bits per heavy atom. The van der Waals surface area contributed by atoms with E-state index >= 15 is 0 Å². The summed E-state index contributed by atoms with van der Waals surface area (Å²) >= 11 is 0. The van der Waals surface area contributed by atoms with Crippen LogP contribution in [0.5, 0.6) is 0 Å². The van der Waals surface area contributed by atoms with Gasteiger partial charge in [0.1, 0.15) is 5.78 Å². The maximum absolute atomic E-state index is 11.3. The van der Waals surface area contributed by atoms with Crippen molar-refractivity contribution in [1.29, 1.82) is 0 Å². The number of hydrogen-bond donors (Lipinski definition) is 0. The van der Waals surface area contributed by atoms with Gasteiger partial charge in [0.2, 0.25) is 0 Å². The van der Waals surface area contributed by atoms with E-state index in [0.717, 1.165) is 38.5 Å². The van der Waals surface area contributed by atoms with Gasteiger partial charge in [-0.05, 0) is 19.3 Å². The molecule has 0 saturated carbocycles. The Labute approximate surface area is 130 Å². The fourth-order valence-electron chi connectivity index (χ4n) is 2.51. The molecule has 0 heterocycles. The lowest BCUT2D eigenvalue weighted by Crippen LogP contribution is -1.99. The number of ketones is 1. The lowest BCUT2D eigenvalue weighted by molar-refractivity contribution is -0.140. The lowest BCUT2D eigenvalue weighted by Gasteiger charge is -2.03. The molecule has 0 aliphatic carbocycles. The molecule has 0 amide bonds. The molecule has 0 radical (unpaired) electrons. The molecule has 0 aromatic rings. The van der Waals surface area contributed by atoms with Gasteiger partial charge >= 0.3 is 5.97 Å². The first kappa shape index (κ1) is 20.1. The van der Waals surface area contributed by atoms with Gasteiger partial charge in [-0.3, -0.25) is 9.59 Å². The molecule has 0 bridgehead atoms. The van der Waals surface area contributed by atoms with Crippen LogP contribution in [0.4, 0.5) is 0 Å². The maximum Gasteiger partial charge on any atom is 0.305 e. The SMILES string of the molecule is CCCC(=O)CCCCCCCCCCCCC(=O)OC. The van der Waals surface area contributed by atoms with Crippen molar-refractivity contribution in [2.24, 2.45) is 0 Å². The third-order valence-electron chi connectivity index (χ3n) is 3.84. The molecule has 21 heavy (non-hydrogen) atoms. The van der Waals surface area contributed by atoms with Crippen molar-refractivity contribution >= 4 is 11.8 Å². The van der Waals surface area contributed by atoms with Crippen molar-refractivity contribution in [2.45, 2.75) is 96.8 Å². The lowest BCUT2D eigenvalue weighted by atomic mass is 10.0. The van der Waals surface area contributed by atoms with E-state index in [9.17, 15) is 9.59 Å². The van der Waals surface area contributed by atoms with Crippen LogP contribution >= 0.6 is 0 Å². The van der Waals surface area contributed by atoms with Crippen LogP contribution in [0, 0.1) is 0 Å². The molecule has 0 fully saturated rings. The third kappa shape index (κ3) is 15.3. The number of ether oxygens (including phenoxy) is 1. The largest absolute Gasteiger partial charge is 0.469 e. The van der Waals surface area contributed by atoms with E-state index in [0.29, 0.717) is 12.2 Å². The zero-order valence-electron chi connectivity index (χ0n) is 14.1. The average Bonchev–Trinajstić information content (AvgIpc) is 2.48. The van der Waals surface area contributed by atoms with Crippen LogP contribution < -0.4 is 0 Å². The van der Waals surface area contributed by atoms with E-state index < -0.39 is 0 Å². The summed E-state index contributed by atoms with van der Waals surface area (Å²) in [7, 11) is 1.45. The van der Waals surface area contributed by atoms with E-state index in [2.05, 4.69) is 11.7 Å². The monoisotopic (exact) mass is 298 g/mol. The summed E-state index contributed by atoms with van der Waals surface area (Å²) in [5.74, 6) is 0.344. The molecule has 0 spiro atoms. The standard InChI is InChI=1S/C18H34O3/c1-3-14-17(19)15-12-10-8-6-4-5-7-9-11-13-16-18(20)21-2/h3-16H2,1-2H3. The fourth-order valence-corrected chi connectivity index (χ4v) is 2.51. The Morgan fingerprint density at radius 1 is 0.667 bits per heavy atom. The molecule has 0 rings (SSSR count). The van der Waals surface area contributed by atoms with Crippen LogP contribution in [0.2, 0.25) is 0 Å². The predicted octanol–water partition coefficient (Wildman–Crippen LogP) is 5.21. The average molecular weight is 298 g/mol. The highest BCUT2D eigenvalue weighted by atomic mass is 16.5. The zero-order chi connectivity index (χ0) is 15.8. The number of rotatable bonds is 15. The Kier molecular flexibility index (Phi) is 14.9. The topological polar surface area (TPSA) is 43.4 Å². The minimum atomic E-state index is -0.0904. The van der Waals surface area contributed by atoms with E-state index in [1.54, 1.807) is 0 Å². The summed E-state index contributed by atoms with van der Waals surface area (Å²) in [6.45, 7) is 2.06. The Balaban J connectivity index is 3.09. The summed E-state index contributed by atoms with van der Waals surface area (Å²) in [4.78, 5) is 22.2. The number of hydrogen-bond acceptors (Lipinski definition) is 3. The van der Waals surface area contributed by atoms with Gasteiger partial charge in [0, 0.05) is 19.3 Å². The van der Waals surface area contributed by atoms with Gasteiger partial charge in [-0.1, -0.05) is 58.3 Å². The van der Waals surface area contributed by atoms with Crippen LogP contribution in [0.25, 0.3) is 0 Å². The number of esters is 1. The first-order valence-electron chi connectivity index (χ1n) is 8.79. The molecule has 0 aromatic heterocycles. The van der Waals surface area contributed by atoms with Crippen molar-refractivity contribution in [1.82, 2.24) is 0 Å². The molecular weight excluding hydrogens is 264 g/mol. The van der Waals surface area contributed by atoms with Crippen LogP contribution in [0.3, 0.4) is 0 Å². The van der Waals surface area contributed by atoms with Crippen molar-refractivity contribution in [3.05, 3.63) is 0 Å². The molecular formula is C18H34O3. The summed E-state index contributed by atoms with van der Waals surface area (Å²) < 4.78 is 4.61. The van der Waals surface area contributed by atoms with Gasteiger partial charge in [0.25, 0.3) is 0 Å². The molecule has 0 atom stereocenters. The molecule has 3 nitrogen and oxygen atoms in total. The van der Waals surface area contributed by atoms with Gasteiger partial charge in [0.05, 0.1) is 7.11 Å². The minimum absolute atomic E-state index is 0.0904. The molecule has 3 heteroatoms. The second-order valence-electron chi connectivity index (χ2n) is 5.90. The summed E-state index contributed by atoms with van der Waals surface area (Å²) in [5, 5.41) is 0. The quantitative estimate of drug-likeness (QED) is 0.308. The number of carbonyl (C=O) groups excluding carboxylic acids is 2.